The second-order valence-corrected chi connectivity index (χ2v) is 22.4. The average Bonchev–Trinajstić information content (AvgIpc) is 1.39. The normalized spacial score (nSPS) is 12.7. The van der Waals surface area contributed by atoms with Crippen molar-refractivity contribution in [3.8, 4) is 44.8 Å². The molecule has 0 N–H and O–H groups in total. The summed E-state index contributed by atoms with van der Waals surface area (Å²) in [6, 6.07) is 110. The summed E-state index contributed by atoms with van der Waals surface area (Å²) < 4.78 is 11.4. The van der Waals surface area contributed by atoms with Gasteiger partial charge in [-0.05, 0) is 153 Å². The molecule has 390 valence electrons. The van der Waals surface area contributed by atoms with Crippen molar-refractivity contribution >= 4 is 123 Å². The van der Waals surface area contributed by atoms with Gasteiger partial charge in [0.2, 0.25) is 0 Å². The second kappa shape index (κ2) is 18.2. The molecule has 5 nitrogen and oxygen atoms in total. The van der Waals surface area contributed by atoms with Crippen LogP contribution in [0.15, 0.2) is 302 Å². The number of fused-ring (bicyclic) bond motifs is 13. The van der Waals surface area contributed by atoms with Gasteiger partial charge in [-0.15, -0.1) is 0 Å². The Kier molecular flexibility index (Phi) is 10.1. The predicted molar refractivity (Wildman–Crippen MR) is 353 cm³/mol. The van der Waals surface area contributed by atoms with E-state index in [4.69, 9.17) is 4.42 Å². The number of rotatable bonds is 7. The minimum atomic E-state index is -0.145. The predicted octanol–water partition coefficient (Wildman–Crippen LogP) is 18.9. The molecule has 0 bridgehead atoms. The van der Waals surface area contributed by atoms with E-state index >= 15 is 0 Å². The summed E-state index contributed by atoms with van der Waals surface area (Å²) in [4.78, 5) is 5.11. The van der Waals surface area contributed by atoms with Gasteiger partial charge in [0.25, 0.3) is 6.71 Å². The molecule has 6 heteroatoms. The molecule has 0 unspecified atom stereocenters. The Balaban J connectivity index is 0.946. The van der Waals surface area contributed by atoms with E-state index in [1.165, 1.54) is 82.3 Å². The number of para-hydroxylation sites is 5. The fourth-order valence-electron chi connectivity index (χ4n) is 14.1. The smallest absolute Gasteiger partial charge is 0.252 e. The van der Waals surface area contributed by atoms with Crippen molar-refractivity contribution in [3.05, 3.63) is 297 Å². The van der Waals surface area contributed by atoms with E-state index in [2.05, 4.69) is 310 Å². The third-order valence-electron chi connectivity index (χ3n) is 17.9. The Morgan fingerprint density at radius 3 is 1.07 bits per heavy atom. The molecule has 3 aromatic heterocycles. The number of hydrogen-bond donors (Lipinski definition) is 0. The maximum absolute atomic E-state index is 6.48. The zero-order valence-corrected chi connectivity index (χ0v) is 45.6. The number of hydrogen-bond acceptors (Lipinski definition) is 3. The number of furan rings is 1. The summed E-state index contributed by atoms with van der Waals surface area (Å²) in [5.41, 5.74) is 26.0. The Hall–Kier alpha value is -11.1. The first kappa shape index (κ1) is 46.7. The van der Waals surface area contributed by atoms with Crippen LogP contribution in [0.1, 0.15) is 0 Å². The standard InChI is InChI=1S/C78H49BN4O/c1-3-17-50(18-4-1)52-31-36-56(37-32-52)80-72-48-58(82-68-26-12-7-21-60(68)61-22-8-13-27-69(61)82)40-42-66(72)79-67-43-41-59(83-70-28-14-9-23-62(70)63-24-10-15-29-71(63)83)49-73(67)81(57-38-33-53(34-39-57)51-19-5-2-6-20-51)75-47-55(46-74(80)78(75)79)54-35-44-77-65(45-54)64-25-11-16-30-76(64)84-77/h1-49H. The highest BCUT2D eigenvalue weighted by Crippen LogP contribution is 2.49. The lowest BCUT2D eigenvalue weighted by Gasteiger charge is -2.44. The van der Waals surface area contributed by atoms with Crippen LogP contribution in [-0.4, -0.2) is 15.8 Å². The first-order chi connectivity index (χ1) is 41.7. The first-order valence-electron chi connectivity index (χ1n) is 28.9. The third-order valence-corrected chi connectivity index (χ3v) is 17.9. The molecule has 84 heavy (non-hydrogen) atoms. The van der Waals surface area contributed by atoms with Crippen molar-refractivity contribution in [1.29, 1.82) is 0 Å². The monoisotopic (exact) mass is 1070 g/mol. The van der Waals surface area contributed by atoms with Crippen molar-refractivity contribution in [3.63, 3.8) is 0 Å². The lowest BCUT2D eigenvalue weighted by atomic mass is 9.33. The van der Waals surface area contributed by atoms with Gasteiger partial charge in [0.05, 0.1) is 22.1 Å². The largest absolute Gasteiger partial charge is 0.456 e. The lowest BCUT2D eigenvalue weighted by Crippen LogP contribution is -2.61. The fourth-order valence-corrected chi connectivity index (χ4v) is 14.1. The summed E-state index contributed by atoms with van der Waals surface area (Å²) >= 11 is 0. The van der Waals surface area contributed by atoms with E-state index in [9.17, 15) is 0 Å². The second-order valence-electron chi connectivity index (χ2n) is 22.4. The molecule has 2 aliphatic heterocycles. The molecule has 16 aromatic rings. The van der Waals surface area contributed by atoms with Crippen LogP contribution in [0, 0.1) is 0 Å². The topological polar surface area (TPSA) is 29.5 Å². The number of anilines is 6. The molecule has 2 aliphatic rings. The van der Waals surface area contributed by atoms with Crippen molar-refractivity contribution < 1.29 is 4.42 Å². The molecule has 0 amide bonds. The minimum Gasteiger partial charge on any atom is -0.456 e. The van der Waals surface area contributed by atoms with Crippen LogP contribution in [-0.2, 0) is 0 Å². The molecule has 5 heterocycles. The van der Waals surface area contributed by atoms with Gasteiger partial charge in [-0.1, -0.05) is 194 Å². The van der Waals surface area contributed by atoms with E-state index in [0.717, 1.165) is 78.6 Å². The Bertz CT molecular complexity index is 4950. The average molecular weight is 1070 g/mol. The van der Waals surface area contributed by atoms with Crippen LogP contribution >= 0.6 is 0 Å². The summed E-state index contributed by atoms with van der Waals surface area (Å²) in [5.74, 6) is 0. The van der Waals surface area contributed by atoms with E-state index in [-0.39, 0.29) is 6.71 Å². The molecular formula is C78H49BN4O. The first-order valence-corrected chi connectivity index (χ1v) is 28.9. The van der Waals surface area contributed by atoms with Gasteiger partial charge in [-0.2, -0.15) is 0 Å². The van der Waals surface area contributed by atoms with Crippen molar-refractivity contribution in [2.75, 3.05) is 9.80 Å². The molecule has 0 aliphatic carbocycles. The van der Waals surface area contributed by atoms with Gasteiger partial charge in [0.15, 0.2) is 0 Å². The third kappa shape index (κ3) is 6.98. The molecule has 0 atom stereocenters. The van der Waals surface area contributed by atoms with Gasteiger partial charge in [-0.25, -0.2) is 0 Å². The summed E-state index contributed by atoms with van der Waals surface area (Å²) in [6.07, 6.45) is 0. The van der Waals surface area contributed by atoms with Crippen molar-refractivity contribution in [2.24, 2.45) is 0 Å². The summed E-state index contributed by atoms with van der Waals surface area (Å²) in [6.45, 7) is -0.145. The van der Waals surface area contributed by atoms with Crippen molar-refractivity contribution in [1.82, 2.24) is 9.13 Å². The van der Waals surface area contributed by atoms with E-state index in [0.29, 0.717) is 0 Å². The van der Waals surface area contributed by atoms with Gasteiger partial charge in [0.1, 0.15) is 11.2 Å². The van der Waals surface area contributed by atoms with E-state index in [1.54, 1.807) is 0 Å². The molecule has 0 saturated carbocycles. The molecule has 0 radical (unpaired) electrons. The lowest BCUT2D eigenvalue weighted by molar-refractivity contribution is 0.669. The highest BCUT2D eigenvalue weighted by atomic mass is 16.3. The molecule has 0 spiro atoms. The SMILES string of the molecule is c1ccc(-c2ccc(N3c4cc(-n5c6ccccc6c6ccccc65)ccc4B4c5ccc(-n6c7ccccc7c7ccccc76)cc5N(c5ccc(-c6ccccc6)cc5)c5cc(-c6ccc7oc8ccccc8c7c6)cc3c54)cc2)cc1. The molecule has 0 fully saturated rings. The van der Waals surface area contributed by atoms with Crippen LogP contribution < -0.4 is 26.2 Å². The van der Waals surface area contributed by atoms with Crippen LogP contribution in [0.3, 0.4) is 0 Å². The van der Waals surface area contributed by atoms with Gasteiger partial charge < -0.3 is 23.4 Å². The Labute approximate surface area is 485 Å². The van der Waals surface area contributed by atoms with Crippen LogP contribution in [0.25, 0.3) is 110 Å². The highest BCUT2D eigenvalue weighted by molar-refractivity contribution is 7.00. The summed E-state index contributed by atoms with van der Waals surface area (Å²) in [5, 5.41) is 7.14. The maximum Gasteiger partial charge on any atom is 0.252 e. The van der Waals surface area contributed by atoms with E-state index in [1.807, 2.05) is 6.07 Å². The molecular weight excluding hydrogens is 1020 g/mol. The van der Waals surface area contributed by atoms with E-state index < -0.39 is 0 Å². The molecule has 0 saturated heterocycles. The Morgan fingerprint density at radius 2 is 0.607 bits per heavy atom. The van der Waals surface area contributed by atoms with Gasteiger partial charge in [-0.3, -0.25) is 0 Å². The fraction of sp³-hybridized carbons (Fsp3) is 0. The van der Waals surface area contributed by atoms with Crippen LogP contribution in [0.4, 0.5) is 34.1 Å². The minimum absolute atomic E-state index is 0.145. The molecule has 13 aromatic carbocycles. The quantitative estimate of drug-likeness (QED) is 0.149. The van der Waals surface area contributed by atoms with Gasteiger partial charge in [0, 0.05) is 77.8 Å². The number of nitrogens with zero attached hydrogens (tertiary/aromatic N) is 4. The maximum atomic E-state index is 6.48. The highest BCUT2D eigenvalue weighted by Gasteiger charge is 2.44. The molecule has 18 rings (SSSR count). The van der Waals surface area contributed by atoms with Gasteiger partial charge >= 0.3 is 0 Å². The number of benzene rings is 13. The van der Waals surface area contributed by atoms with Crippen LogP contribution in [0.5, 0.6) is 0 Å². The summed E-state index contributed by atoms with van der Waals surface area (Å²) in [7, 11) is 0. The van der Waals surface area contributed by atoms with Crippen molar-refractivity contribution in [2.45, 2.75) is 0 Å². The Morgan fingerprint density at radius 1 is 0.238 bits per heavy atom. The van der Waals surface area contributed by atoms with Crippen LogP contribution in [0.2, 0.25) is 0 Å². The number of aromatic nitrogens is 2. The zero-order chi connectivity index (χ0) is 55.0. The zero-order valence-electron chi connectivity index (χ0n) is 45.6.